The number of fused-ring (bicyclic) bond motifs is 1. The van der Waals surface area contributed by atoms with E-state index in [-0.39, 0.29) is 6.42 Å². The highest BCUT2D eigenvalue weighted by molar-refractivity contribution is 7.17. The first-order chi connectivity index (χ1) is 13.4. The van der Waals surface area contributed by atoms with Gasteiger partial charge in [-0.3, -0.25) is 14.4 Å². The first-order valence-electron chi connectivity index (χ1n) is 8.92. The second-order valence-corrected chi connectivity index (χ2v) is 7.72. The summed E-state index contributed by atoms with van der Waals surface area (Å²) in [4.78, 5) is 37.0. The van der Waals surface area contributed by atoms with Crippen LogP contribution in [0.4, 0.5) is 5.00 Å². The van der Waals surface area contributed by atoms with Crippen LogP contribution in [0.3, 0.4) is 0 Å². The van der Waals surface area contributed by atoms with Gasteiger partial charge in [-0.2, -0.15) is 0 Å². The van der Waals surface area contributed by atoms with Crippen LogP contribution in [0.1, 0.15) is 38.3 Å². The Kier molecular flexibility index (Phi) is 5.99. The average Bonchev–Trinajstić information content (AvgIpc) is 3.22. The van der Waals surface area contributed by atoms with Gasteiger partial charge < -0.3 is 20.5 Å². The van der Waals surface area contributed by atoms with E-state index in [4.69, 9.17) is 15.2 Å². The molecule has 0 saturated heterocycles. The molecule has 2 aromatic rings. The molecule has 148 valence electrons. The zero-order valence-electron chi connectivity index (χ0n) is 15.8. The second kappa shape index (κ2) is 8.43. The van der Waals surface area contributed by atoms with Crippen LogP contribution >= 0.6 is 11.3 Å². The van der Waals surface area contributed by atoms with E-state index in [0.29, 0.717) is 16.3 Å². The Bertz CT molecular complexity index is 935. The number of benzene rings is 1. The number of anilines is 1. The van der Waals surface area contributed by atoms with Gasteiger partial charge in [0, 0.05) is 4.88 Å². The zero-order chi connectivity index (χ0) is 20.3. The number of primary amides is 1. The van der Waals surface area contributed by atoms with E-state index in [9.17, 15) is 14.4 Å². The Hall–Kier alpha value is -2.87. The number of methoxy groups -OCH3 is 1. The zero-order valence-corrected chi connectivity index (χ0v) is 16.6. The third-order valence-corrected chi connectivity index (χ3v) is 5.81. The second-order valence-electron chi connectivity index (χ2n) is 6.62. The SMILES string of the molecule is COc1cc(CC(=O)OCC(=O)Nc2sc3c(c2C(N)=O)CCC3)ccc1C. The molecule has 0 atom stereocenters. The van der Waals surface area contributed by atoms with Gasteiger partial charge >= 0.3 is 5.97 Å². The van der Waals surface area contributed by atoms with E-state index in [0.717, 1.165) is 40.8 Å². The lowest BCUT2D eigenvalue weighted by Gasteiger charge is -2.09. The summed E-state index contributed by atoms with van der Waals surface area (Å²) in [6, 6.07) is 5.43. The van der Waals surface area contributed by atoms with Crippen LogP contribution in [0, 0.1) is 6.92 Å². The number of aryl methyl sites for hydroxylation is 2. The van der Waals surface area contributed by atoms with Gasteiger partial charge in [0.25, 0.3) is 11.8 Å². The third-order valence-electron chi connectivity index (χ3n) is 4.61. The molecule has 28 heavy (non-hydrogen) atoms. The lowest BCUT2D eigenvalue weighted by Crippen LogP contribution is -2.23. The van der Waals surface area contributed by atoms with Crippen molar-refractivity contribution < 1.29 is 23.9 Å². The normalized spacial score (nSPS) is 12.4. The van der Waals surface area contributed by atoms with E-state index in [1.54, 1.807) is 13.2 Å². The molecule has 8 heteroatoms. The van der Waals surface area contributed by atoms with Crippen LogP contribution in [-0.2, 0) is 33.6 Å². The van der Waals surface area contributed by atoms with Crippen molar-refractivity contribution in [2.45, 2.75) is 32.6 Å². The Balaban J connectivity index is 1.56. The van der Waals surface area contributed by atoms with Gasteiger partial charge in [0.1, 0.15) is 10.8 Å². The molecule has 0 radical (unpaired) electrons. The summed E-state index contributed by atoms with van der Waals surface area (Å²) in [7, 11) is 1.57. The fourth-order valence-electron chi connectivity index (χ4n) is 3.25. The van der Waals surface area contributed by atoms with Crippen LogP contribution < -0.4 is 15.8 Å². The maximum absolute atomic E-state index is 12.2. The van der Waals surface area contributed by atoms with Gasteiger partial charge in [-0.25, -0.2) is 0 Å². The molecule has 1 aromatic carbocycles. The molecule has 0 spiro atoms. The molecular formula is C20H22N2O5S. The fourth-order valence-corrected chi connectivity index (χ4v) is 4.56. The number of amides is 2. The minimum atomic E-state index is -0.556. The molecule has 1 aliphatic carbocycles. The van der Waals surface area contributed by atoms with Crippen molar-refractivity contribution in [2.75, 3.05) is 19.0 Å². The summed E-state index contributed by atoms with van der Waals surface area (Å²) in [6.07, 6.45) is 2.68. The highest BCUT2D eigenvalue weighted by atomic mass is 32.1. The van der Waals surface area contributed by atoms with E-state index >= 15 is 0 Å². The number of carbonyl (C=O) groups is 3. The molecule has 3 N–H and O–H groups in total. The lowest BCUT2D eigenvalue weighted by atomic mass is 10.1. The minimum Gasteiger partial charge on any atom is -0.496 e. The van der Waals surface area contributed by atoms with Gasteiger partial charge in [-0.15, -0.1) is 11.3 Å². The molecule has 0 unspecified atom stereocenters. The topological polar surface area (TPSA) is 108 Å². The first-order valence-corrected chi connectivity index (χ1v) is 9.74. The maximum atomic E-state index is 12.2. The Morgan fingerprint density at radius 3 is 2.75 bits per heavy atom. The van der Waals surface area contributed by atoms with Crippen molar-refractivity contribution in [2.24, 2.45) is 5.73 Å². The minimum absolute atomic E-state index is 0.0315. The summed E-state index contributed by atoms with van der Waals surface area (Å²) < 4.78 is 10.3. The number of nitrogens with one attached hydrogen (secondary N) is 1. The summed E-state index contributed by atoms with van der Waals surface area (Å²) >= 11 is 1.36. The van der Waals surface area contributed by atoms with Gasteiger partial charge in [0.15, 0.2) is 6.61 Å². The van der Waals surface area contributed by atoms with Crippen LogP contribution in [0.5, 0.6) is 5.75 Å². The van der Waals surface area contributed by atoms with Gasteiger partial charge in [0.2, 0.25) is 0 Å². The molecule has 1 aliphatic rings. The van der Waals surface area contributed by atoms with E-state index in [2.05, 4.69) is 5.32 Å². The summed E-state index contributed by atoms with van der Waals surface area (Å²) in [5.41, 5.74) is 8.48. The van der Waals surface area contributed by atoms with Crippen LogP contribution in [0.15, 0.2) is 18.2 Å². The highest BCUT2D eigenvalue weighted by Gasteiger charge is 2.26. The molecule has 0 saturated carbocycles. The summed E-state index contributed by atoms with van der Waals surface area (Å²) in [5, 5.41) is 3.08. The predicted octanol–water partition coefficient (Wildman–Crippen LogP) is 2.38. The highest BCUT2D eigenvalue weighted by Crippen LogP contribution is 2.38. The molecular weight excluding hydrogens is 380 g/mol. The molecule has 7 nitrogen and oxygen atoms in total. The molecule has 0 fully saturated rings. The van der Waals surface area contributed by atoms with Crippen molar-refractivity contribution in [1.82, 2.24) is 0 Å². The van der Waals surface area contributed by atoms with Crippen molar-refractivity contribution >= 4 is 34.1 Å². The molecule has 0 bridgehead atoms. The maximum Gasteiger partial charge on any atom is 0.310 e. The van der Waals surface area contributed by atoms with Gasteiger partial charge in [-0.05, 0) is 48.9 Å². The Morgan fingerprint density at radius 2 is 2.04 bits per heavy atom. The number of ether oxygens (including phenoxy) is 2. The quantitative estimate of drug-likeness (QED) is 0.692. The number of esters is 1. The average molecular weight is 402 g/mol. The van der Waals surface area contributed by atoms with Crippen LogP contribution in [-0.4, -0.2) is 31.5 Å². The van der Waals surface area contributed by atoms with Gasteiger partial charge in [0.05, 0.1) is 19.1 Å². The molecule has 0 aliphatic heterocycles. The summed E-state index contributed by atoms with van der Waals surface area (Å²) in [5.74, 6) is -0.894. The Morgan fingerprint density at radius 1 is 1.25 bits per heavy atom. The van der Waals surface area contributed by atoms with Crippen molar-refractivity contribution in [3.05, 3.63) is 45.3 Å². The molecule has 3 rings (SSSR count). The summed E-state index contributed by atoms with van der Waals surface area (Å²) in [6.45, 7) is 1.48. The smallest absolute Gasteiger partial charge is 0.310 e. The predicted molar refractivity (Wildman–Crippen MR) is 106 cm³/mol. The lowest BCUT2D eigenvalue weighted by molar-refractivity contribution is -0.146. The number of nitrogens with two attached hydrogens (primary N) is 1. The van der Waals surface area contributed by atoms with Crippen LogP contribution in [0.2, 0.25) is 0 Å². The number of rotatable bonds is 7. The monoisotopic (exact) mass is 402 g/mol. The largest absolute Gasteiger partial charge is 0.496 e. The molecule has 2 amide bonds. The standard InChI is InChI=1S/C20H22N2O5S/c1-11-6-7-12(8-14(11)26-2)9-17(24)27-10-16(23)22-20-18(19(21)25)13-4-3-5-15(13)28-20/h6-8H,3-5,9-10H2,1-2H3,(H2,21,25)(H,22,23). The number of thiophene rings is 1. The number of hydrogen-bond acceptors (Lipinski definition) is 6. The van der Waals surface area contributed by atoms with Gasteiger partial charge in [-0.1, -0.05) is 12.1 Å². The van der Waals surface area contributed by atoms with Crippen molar-refractivity contribution in [3.63, 3.8) is 0 Å². The molecule has 1 aromatic heterocycles. The third kappa shape index (κ3) is 4.33. The van der Waals surface area contributed by atoms with Crippen molar-refractivity contribution in [1.29, 1.82) is 0 Å². The number of carbonyl (C=O) groups excluding carboxylic acids is 3. The van der Waals surface area contributed by atoms with Crippen LogP contribution in [0.25, 0.3) is 0 Å². The first kappa shape index (κ1) is 19.9. The fraction of sp³-hybridized carbons (Fsp3) is 0.350. The van der Waals surface area contributed by atoms with E-state index < -0.39 is 24.4 Å². The van der Waals surface area contributed by atoms with E-state index in [1.165, 1.54) is 11.3 Å². The molecule has 1 heterocycles. The van der Waals surface area contributed by atoms with Crippen molar-refractivity contribution in [3.8, 4) is 5.75 Å². The van der Waals surface area contributed by atoms with E-state index in [1.807, 2.05) is 19.1 Å². The number of hydrogen-bond donors (Lipinski definition) is 2. The Labute approximate surface area is 166 Å².